The van der Waals surface area contributed by atoms with Crippen molar-refractivity contribution in [1.29, 1.82) is 0 Å². The summed E-state index contributed by atoms with van der Waals surface area (Å²) >= 11 is 0. The summed E-state index contributed by atoms with van der Waals surface area (Å²) in [4.78, 5) is 5.44. The molecule has 2 nitrogen and oxygen atoms in total. The van der Waals surface area contributed by atoms with Crippen molar-refractivity contribution in [2.75, 3.05) is 19.6 Å². The van der Waals surface area contributed by atoms with Crippen LogP contribution in [0.1, 0.15) is 26.2 Å². The minimum atomic E-state index is 0.823. The lowest BCUT2D eigenvalue weighted by Crippen LogP contribution is -2.52. The molecule has 2 bridgehead atoms. The van der Waals surface area contributed by atoms with E-state index in [1.165, 1.54) is 38.9 Å². The molecule has 1 aliphatic carbocycles. The van der Waals surface area contributed by atoms with Crippen LogP contribution < -0.4 is 0 Å². The van der Waals surface area contributed by atoms with Crippen LogP contribution in [0.15, 0.2) is 0 Å². The Morgan fingerprint density at radius 1 is 1.00 bits per heavy atom. The largest absolute Gasteiger partial charge is 0.298 e. The zero-order valence-corrected chi connectivity index (χ0v) is 7.87. The Labute approximate surface area is 74.5 Å². The number of rotatable bonds is 1. The van der Waals surface area contributed by atoms with Gasteiger partial charge in [0.05, 0.1) is 0 Å². The van der Waals surface area contributed by atoms with E-state index >= 15 is 0 Å². The van der Waals surface area contributed by atoms with E-state index in [4.69, 9.17) is 0 Å². The van der Waals surface area contributed by atoms with Crippen molar-refractivity contribution in [3.8, 4) is 0 Å². The van der Waals surface area contributed by atoms with E-state index in [1.807, 2.05) is 0 Å². The lowest BCUT2D eigenvalue weighted by atomic mass is 10.1. The monoisotopic (exact) mass is 166 g/mol. The minimum Gasteiger partial charge on any atom is -0.298 e. The Bertz CT molecular complexity index is 188. The maximum Gasteiger partial charge on any atom is 0.0239 e. The predicted octanol–water partition coefficient (Wildman–Crippen LogP) is 0.927. The third kappa shape index (κ3) is 1.01. The predicted molar refractivity (Wildman–Crippen MR) is 49.2 cm³/mol. The molecule has 3 aliphatic rings. The first-order valence-corrected chi connectivity index (χ1v) is 5.34. The van der Waals surface area contributed by atoms with Gasteiger partial charge in [0, 0.05) is 37.8 Å². The van der Waals surface area contributed by atoms with E-state index in [2.05, 4.69) is 16.7 Å². The number of piperazine rings is 1. The Morgan fingerprint density at radius 3 is 2.58 bits per heavy atom. The minimum absolute atomic E-state index is 0.823. The molecule has 3 fully saturated rings. The molecular formula is C10H18N2. The van der Waals surface area contributed by atoms with E-state index in [-0.39, 0.29) is 0 Å². The molecule has 2 heterocycles. The molecule has 12 heavy (non-hydrogen) atoms. The van der Waals surface area contributed by atoms with Gasteiger partial charge >= 0.3 is 0 Å². The van der Waals surface area contributed by atoms with Crippen molar-refractivity contribution in [2.24, 2.45) is 0 Å². The molecule has 0 spiro atoms. The quantitative estimate of drug-likeness (QED) is 0.572. The molecule has 3 unspecified atom stereocenters. The fraction of sp³-hybridized carbons (Fsp3) is 1.00. The highest BCUT2D eigenvalue weighted by molar-refractivity contribution is 4.99. The molecule has 2 heteroatoms. The van der Waals surface area contributed by atoms with Gasteiger partial charge in [0.1, 0.15) is 0 Å². The molecule has 2 aliphatic heterocycles. The maximum atomic E-state index is 2.79. The highest BCUT2D eigenvalue weighted by Gasteiger charge is 2.42. The Balaban J connectivity index is 1.77. The number of hydrogen-bond donors (Lipinski definition) is 0. The van der Waals surface area contributed by atoms with Crippen LogP contribution in [0, 0.1) is 0 Å². The fourth-order valence-corrected chi connectivity index (χ4v) is 2.86. The standard InChI is InChI=1S/C10H18N2/c1-8-6-12(9-2-3-9)10-4-5-11(8)7-10/h8-10H,2-7H2,1H3. The van der Waals surface area contributed by atoms with Crippen LogP contribution in [-0.4, -0.2) is 47.6 Å². The highest BCUT2D eigenvalue weighted by atomic mass is 15.4. The number of fused-ring (bicyclic) bond motifs is 2. The van der Waals surface area contributed by atoms with Crippen LogP contribution in [0.25, 0.3) is 0 Å². The number of nitrogens with zero attached hydrogens (tertiary/aromatic N) is 2. The molecule has 0 N–H and O–H groups in total. The van der Waals surface area contributed by atoms with Crippen LogP contribution in [0.2, 0.25) is 0 Å². The van der Waals surface area contributed by atoms with Gasteiger partial charge in [-0.2, -0.15) is 0 Å². The second-order valence-electron chi connectivity index (χ2n) is 4.71. The van der Waals surface area contributed by atoms with Gasteiger partial charge < -0.3 is 0 Å². The topological polar surface area (TPSA) is 6.48 Å². The Kier molecular flexibility index (Phi) is 1.50. The van der Waals surface area contributed by atoms with Gasteiger partial charge in [0.25, 0.3) is 0 Å². The van der Waals surface area contributed by atoms with Gasteiger partial charge in [-0.3, -0.25) is 9.80 Å². The summed E-state index contributed by atoms with van der Waals surface area (Å²) in [6.45, 7) is 6.44. The van der Waals surface area contributed by atoms with Gasteiger partial charge in [0.2, 0.25) is 0 Å². The number of hydrogen-bond acceptors (Lipinski definition) is 2. The first-order chi connectivity index (χ1) is 5.84. The van der Waals surface area contributed by atoms with E-state index < -0.39 is 0 Å². The first-order valence-electron chi connectivity index (χ1n) is 5.34. The summed E-state index contributed by atoms with van der Waals surface area (Å²) in [7, 11) is 0. The van der Waals surface area contributed by atoms with Crippen LogP contribution >= 0.6 is 0 Å². The van der Waals surface area contributed by atoms with E-state index in [9.17, 15) is 0 Å². The van der Waals surface area contributed by atoms with E-state index in [0.717, 1.165) is 18.1 Å². The average Bonchev–Trinajstić information content (AvgIpc) is 2.80. The third-order valence-corrected chi connectivity index (χ3v) is 3.78. The van der Waals surface area contributed by atoms with Crippen molar-refractivity contribution >= 4 is 0 Å². The lowest BCUT2D eigenvalue weighted by Gasteiger charge is -2.38. The van der Waals surface area contributed by atoms with Gasteiger partial charge in [-0.15, -0.1) is 0 Å². The van der Waals surface area contributed by atoms with Crippen molar-refractivity contribution in [3.05, 3.63) is 0 Å². The average molecular weight is 166 g/mol. The molecule has 3 rings (SSSR count). The molecule has 2 saturated heterocycles. The molecule has 0 aromatic carbocycles. The van der Waals surface area contributed by atoms with Crippen LogP contribution in [-0.2, 0) is 0 Å². The normalized spacial score (nSPS) is 48.2. The smallest absolute Gasteiger partial charge is 0.0239 e. The van der Waals surface area contributed by atoms with Gasteiger partial charge in [-0.1, -0.05) is 0 Å². The summed E-state index contributed by atoms with van der Waals surface area (Å²) in [6.07, 6.45) is 4.38. The van der Waals surface area contributed by atoms with Crippen molar-refractivity contribution in [3.63, 3.8) is 0 Å². The van der Waals surface area contributed by atoms with E-state index in [1.54, 1.807) is 0 Å². The SMILES string of the molecule is CC1CN(C2CC2)C2CCN1C2. The van der Waals surface area contributed by atoms with Crippen molar-refractivity contribution in [2.45, 2.75) is 44.3 Å². The Morgan fingerprint density at radius 2 is 1.83 bits per heavy atom. The molecule has 1 saturated carbocycles. The Hall–Kier alpha value is -0.0800. The molecule has 0 radical (unpaired) electrons. The van der Waals surface area contributed by atoms with Crippen molar-refractivity contribution < 1.29 is 0 Å². The summed E-state index contributed by atoms with van der Waals surface area (Å²) in [6, 6.07) is 2.73. The fourth-order valence-electron chi connectivity index (χ4n) is 2.86. The summed E-state index contributed by atoms with van der Waals surface area (Å²) in [5.41, 5.74) is 0. The molecule has 0 amide bonds. The molecule has 0 aromatic heterocycles. The summed E-state index contributed by atoms with van der Waals surface area (Å²) in [5.74, 6) is 0. The molecular weight excluding hydrogens is 148 g/mol. The van der Waals surface area contributed by atoms with Crippen LogP contribution in [0.3, 0.4) is 0 Å². The van der Waals surface area contributed by atoms with E-state index in [0.29, 0.717) is 0 Å². The zero-order valence-electron chi connectivity index (χ0n) is 7.87. The lowest BCUT2D eigenvalue weighted by molar-refractivity contribution is 0.0872. The highest BCUT2D eigenvalue weighted by Crippen LogP contribution is 2.35. The molecule has 0 aromatic rings. The molecule has 3 atom stereocenters. The summed E-state index contributed by atoms with van der Waals surface area (Å²) in [5, 5.41) is 0. The summed E-state index contributed by atoms with van der Waals surface area (Å²) < 4.78 is 0. The van der Waals surface area contributed by atoms with Gasteiger partial charge in [-0.25, -0.2) is 0 Å². The third-order valence-electron chi connectivity index (χ3n) is 3.78. The van der Waals surface area contributed by atoms with Crippen LogP contribution in [0.4, 0.5) is 0 Å². The maximum absolute atomic E-state index is 2.79. The molecule has 68 valence electrons. The zero-order chi connectivity index (χ0) is 8.13. The second-order valence-corrected chi connectivity index (χ2v) is 4.71. The van der Waals surface area contributed by atoms with Gasteiger partial charge in [0.15, 0.2) is 0 Å². The van der Waals surface area contributed by atoms with Gasteiger partial charge in [-0.05, 0) is 26.2 Å². The van der Waals surface area contributed by atoms with Crippen LogP contribution in [0.5, 0.6) is 0 Å². The second kappa shape index (κ2) is 2.46. The van der Waals surface area contributed by atoms with Crippen molar-refractivity contribution in [1.82, 2.24) is 9.80 Å². The first kappa shape index (κ1) is 7.34.